The Morgan fingerprint density at radius 2 is 2.19 bits per heavy atom. The Kier molecular flexibility index (Phi) is 3.85. The molecule has 92 valence electrons. The minimum atomic E-state index is 0.0867. The second-order valence-electron chi connectivity index (χ2n) is 5.64. The number of nitrogens with one attached hydrogen (secondary N) is 2. The van der Waals surface area contributed by atoms with Gasteiger partial charge in [-0.1, -0.05) is 13.3 Å². The first-order valence-electron chi connectivity index (χ1n) is 6.63. The van der Waals surface area contributed by atoms with E-state index in [1.165, 1.54) is 25.7 Å². The Labute approximate surface area is 98.4 Å². The summed E-state index contributed by atoms with van der Waals surface area (Å²) in [6, 6.07) is 0. The molecule has 0 aromatic rings. The van der Waals surface area contributed by atoms with E-state index in [-0.39, 0.29) is 11.8 Å². The third kappa shape index (κ3) is 2.57. The highest BCUT2D eigenvalue weighted by Crippen LogP contribution is 2.47. The second-order valence-corrected chi connectivity index (χ2v) is 5.64. The second kappa shape index (κ2) is 5.17. The molecule has 0 aromatic carbocycles. The maximum atomic E-state index is 11.7. The van der Waals surface area contributed by atoms with Crippen molar-refractivity contribution < 1.29 is 4.79 Å². The third-order valence-electron chi connectivity index (χ3n) is 4.38. The van der Waals surface area contributed by atoms with E-state index in [0.29, 0.717) is 0 Å². The standard InChI is InChI=1S/C13H24N2O/c1-9(7-14-2)13(16)15-8-12-6-10-3-4-11(12)5-10/h9-12,14H,3-8H2,1-2H3,(H,15,16). The Morgan fingerprint density at radius 1 is 1.38 bits per heavy atom. The van der Waals surface area contributed by atoms with Crippen LogP contribution in [0.5, 0.6) is 0 Å². The van der Waals surface area contributed by atoms with E-state index in [9.17, 15) is 4.79 Å². The van der Waals surface area contributed by atoms with E-state index in [4.69, 9.17) is 0 Å². The van der Waals surface area contributed by atoms with Gasteiger partial charge in [0.1, 0.15) is 0 Å². The molecule has 4 unspecified atom stereocenters. The smallest absolute Gasteiger partial charge is 0.224 e. The van der Waals surface area contributed by atoms with Crippen molar-refractivity contribution in [2.75, 3.05) is 20.1 Å². The average Bonchev–Trinajstić information content (AvgIpc) is 2.87. The summed E-state index contributed by atoms with van der Waals surface area (Å²) < 4.78 is 0. The van der Waals surface area contributed by atoms with Crippen LogP contribution >= 0.6 is 0 Å². The van der Waals surface area contributed by atoms with Gasteiger partial charge in [-0.05, 0) is 44.1 Å². The monoisotopic (exact) mass is 224 g/mol. The molecule has 0 heterocycles. The van der Waals surface area contributed by atoms with Gasteiger partial charge in [0, 0.05) is 19.0 Å². The maximum absolute atomic E-state index is 11.7. The largest absolute Gasteiger partial charge is 0.356 e. The summed E-state index contributed by atoms with van der Waals surface area (Å²) in [5, 5.41) is 6.16. The van der Waals surface area contributed by atoms with E-state index < -0.39 is 0 Å². The normalized spacial score (nSPS) is 34.0. The van der Waals surface area contributed by atoms with Crippen LogP contribution in [-0.4, -0.2) is 26.0 Å². The number of amides is 1. The maximum Gasteiger partial charge on any atom is 0.224 e. The summed E-state index contributed by atoms with van der Waals surface area (Å²) in [4.78, 5) is 11.7. The number of fused-ring (bicyclic) bond motifs is 2. The van der Waals surface area contributed by atoms with Crippen molar-refractivity contribution in [2.45, 2.75) is 32.6 Å². The molecule has 2 aliphatic rings. The predicted molar refractivity (Wildman–Crippen MR) is 65.0 cm³/mol. The summed E-state index contributed by atoms with van der Waals surface area (Å²) in [5.74, 6) is 2.94. The predicted octanol–water partition coefficient (Wildman–Crippen LogP) is 1.39. The van der Waals surface area contributed by atoms with Crippen molar-refractivity contribution in [3.63, 3.8) is 0 Å². The van der Waals surface area contributed by atoms with Gasteiger partial charge in [0.05, 0.1) is 0 Å². The molecule has 0 spiro atoms. The lowest BCUT2D eigenvalue weighted by Gasteiger charge is -2.22. The molecule has 2 fully saturated rings. The fraction of sp³-hybridized carbons (Fsp3) is 0.923. The highest BCUT2D eigenvalue weighted by Gasteiger charge is 2.39. The van der Waals surface area contributed by atoms with Crippen LogP contribution in [0.15, 0.2) is 0 Å². The van der Waals surface area contributed by atoms with Gasteiger partial charge >= 0.3 is 0 Å². The van der Waals surface area contributed by atoms with Crippen LogP contribution < -0.4 is 10.6 Å². The Hall–Kier alpha value is -0.570. The molecule has 16 heavy (non-hydrogen) atoms. The summed E-state index contributed by atoms with van der Waals surface area (Å²) in [6.45, 7) is 3.66. The number of carbonyl (C=O) groups excluding carboxylic acids is 1. The van der Waals surface area contributed by atoms with E-state index >= 15 is 0 Å². The van der Waals surface area contributed by atoms with Crippen molar-refractivity contribution in [2.24, 2.45) is 23.7 Å². The summed E-state index contributed by atoms with van der Waals surface area (Å²) in [7, 11) is 1.89. The molecule has 2 N–H and O–H groups in total. The molecule has 2 rings (SSSR count). The van der Waals surface area contributed by atoms with Crippen LogP contribution in [0, 0.1) is 23.7 Å². The molecular formula is C13H24N2O. The zero-order chi connectivity index (χ0) is 11.5. The topological polar surface area (TPSA) is 41.1 Å². The fourth-order valence-corrected chi connectivity index (χ4v) is 3.43. The van der Waals surface area contributed by atoms with E-state index in [1.54, 1.807) is 0 Å². The highest BCUT2D eigenvalue weighted by molar-refractivity contribution is 5.78. The van der Waals surface area contributed by atoms with Gasteiger partial charge in [-0.25, -0.2) is 0 Å². The number of hydrogen-bond acceptors (Lipinski definition) is 2. The molecule has 1 amide bonds. The molecular weight excluding hydrogens is 200 g/mol. The van der Waals surface area contributed by atoms with Gasteiger partial charge < -0.3 is 10.6 Å². The molecule has 2 aliphatic carbocycles. The SMILES string of the molecule is CNCC(C)C(=O)NCC1CC2CCC1C2. The fourth-order valence-electron chi connectivity index (χ4n) is 3.43. The molecule has 0 aliphatic heterocycles. The van der Waals surface area contributed by atoms with Crippen molar-refractivity contribution in [1.29, 1.82) is 0 Å². The lowest BCUT2D eigenvalue weighted by atomic mass is 9.89. The first kappa shape index (κ1) is 11.9. The van der Waals surface area contributed by atoms with E-state index in [2.05, 4.69) is 10.6 Å². The molecule has 2 saturated carbocycles. The molecule has 4 atom stereocenters. The van der Waals surface area contributed by atoms with Gasteiger partial charge in [-0.15, -0.1) is 0 Å². The number of carbonyl (C=O) groups is 1. The summed E-state index contributed by atoms with van der Waals surface area (Å²) in [5.41, 5.74) is 0. The van der Waals surface area contributed by atoms with E-state index in [1.807, 2.05) is 14.0 Å². The minimum absolute atomic E-state index is 0.0867. The van der Waals surface area contributed by atoms with Gasteiger partial charge in [0.25, 0.3) is 0 Å². The van der Waals surface area contributed by atoms with Crippen LogP contribution in [-0.2, 0) is 4.79 Å². The van der Waals surface area contributed by atoms with Crippen LogP contribution in [0.25, 0.3) is 0 Å². The number of rotatable bonds is 5. The summed E-state index contributed by atoms with van der Waals surface area (Å²) >= 11 is 0. The van der Waals surface area contributed by atoms with Crippen LogP contribution in [0.3, 0.4) is 0 Å². The van der Waals surface area contributed by atoms with Crippen LogP contribution in [0.1, 0.15) is 32.6 Å². The molecule has 3 heteroatoms. The van der Waals surface area contributed by atoms with Gasteiger partial charge in [0.2, 0.25) is 5.91 Å². The summed E-state index contributed by atoms with van der Waals surface area (Å²) in [6.07, 6.45) is 5.61. The van der Waals surface area contributed by atoms with Crippen molar-refractivity contribution >= 4 is 5.91 Å². The zero-order valence-corrected chi connectivity index (χ0v) is 10.5. The Morgan fingerprint density at radius 3 is 2.75 bits per heavy atom. The van der Waals surface area contributed by atoms with Gasteiger partial charge in [-0.3, -0.25) is 4.79 Å². The third-order valence-corrected chi connectivity index (χ3v) is 4.38. The van der Waals surface area contributed by atoms with Crippen molar-refractivity contribution in [3.05, 3.63) is 0 Å². The van der Waals surface area contributed by atoms with Gasteiger partial charge in [-0.2, -0.15) is 0 Å². The quantitative estimate of drug-likeness (QED) is 0.741. The van der Waals surface area contributed by atoms with Crippen LogP contribution in [0.4, 0.5) is 0 Å². The first-order chi connectivity index (χ1) is 7.70. The molecule has 2 bridgehead atoms. The van der Waals surface area contributed by atoms with Gasteiger partial charge in [0.15, 0.2) is 0 Å². The first-order valence-corrected chi connectivity index (χ1v) is 6.63. The zero-order valence-electron chi connectivity index (χ0n) is 10.5. The van der Waals surface area contributed by atoms with E-state index in [0.717, 1.165) is 30.8 Å². The molecule has 0 aromatic heterocycles. The lowest BCUT2D eigenvalue weighted by molar-refractivity contribution is -0.124. The van der Waals surface area contributed by atoms with Crippen LogP contribution in [0.2, 0.25) is 0 Å². The molecule has 0 saturated heterocycles. The molecule has 0 radical (unpaired) electrons. The number of hydrogen-bond donors (Lipinski definition) is 2. The highest BCUT2D eigenvalue weighted by atomic mass is 16.1. The molecule has 3 nitrogen and oxygen atoms in total. The van der Waals surface area contributed by atoms with Crippen molar-refractivity contribution in [1.82, 2.24) is 10.6 Å². The Bertz CT molecular complexity index is 254. The average molecular weight is 224 g/mol. The minimum Gasteiger partial charge on any atom is -0.356 e. The lowest BCUT2D eigenvalue weighted by Crippen LogP contribution is -2.38. The van der Waals surface area contributed by atoms with Crippen molar-refractivity contribution in [3.8, 4) is 0 Å². The Balaban J connectivity index is 1.69.